The first-order valence-corrected chi connectivity index (χ1v) is 7.21. The van der Waals surface area contributed by atoms with Crippen molar-refractivity contribution in [2.24, 2.45) is 0 Å². The number of thioether (sulfide) groups is 1. The van der Waals surface area contributed by atoms with Crippen molar-refractivity contribution in [3.05, 3.63) is 45.9 Å². The molecule has 0 aliphatic heterocycles. The van der Waals surface area contributed by atoms with Crippen molar-refractivity contribution in [1.82, 2.24) is 0 Å². The molecule has 2 nitrogen and oxygen atoms in total. The van der Waals surface area contributed by atoms with Gasteiger partial charge in [0.1, 0.15) is 5.76 Å². The first-order chi connectivity index (χ1) is 7.79. The van der Waals surface area contributed by atoms with Gasteiger partial charge in [0.2, 0.25) is 0 Å². The molecule has 0 bridgehead atoms. The Morgan fingerprint density at radius 3 is 2.75 bits per heavy atom. The number of hydrogen-bond donors (Lipinski definition) is 1. The third-order valence-corrected chi connectivity index (χ3v) is 3.56. The monoisotopic (exact) mass is 345 g/mol. The van der Waals surface area contributed by atoms with Crippen LogP contribution in [0.5, 0.6) is 0 Å². The Balaban J connectivity index is 2.04. The molecule has 1 N–H and O–H groups in total. The molecule has 84 valence electrons. The Morgan fingerprint density at radius 1 is 1.25 bits per heavy atom. The highest BCUT2D eigenvalue weighted by atomic mass is 127. The SMILES string of the molecule is CSc1ccccc1NCc1ccc(I)o1. The van der Waals surface area contributed by atoms with E-state index in [1.807, 2.05) is 24.3 Å². The fourth-order valence-corrected chi connectivity index (χ4v) is 2.46. The van der Waals surface area contributed by atoms with Crippen molar-refractivity contribution in [3.63, 3.8) is 0 Å². The van der Waals surface area contributed by atoms with E-state index in [4.69, 9.17) is 4.42 Å². The topological polar surface area (TPSA) is 25.2 Å². The number of hydrogen-bond acceptors (Lipinski definition) is 3. The molecule has 1 aromatic heterocycles. The van der Waals surface area contributed by atoms with Crippen LogP contribution < -0.4 is 5.32 Å². The van der Waals surface area contributed by atoms with E-state index in [1.54, 1.807) is 11.8 Å². The minimum Gasteiger partial charge on any atom is -0.454 e. The van der Waals surface area contributed by atoms with Crippen LogP contribution in [0.25, 0.3) is 0 Å². The molecule has 0 fully saturated rings. The van der Waals surface area contributed by atoms with Crippen LogP contribution in [0.15, 0.2) is 45.7 Å². The van der Waals surface area contributed by atoms with Gasteiger partial charge in [-0.2, -0.15) is 0 Å². The van der Waals surface area contributed by atoms with Gasteiger partial charge in [0, 0.05) is 10.6 Å². The van der Waals surface area contributed by atoms with Crippen molar-refractivity contribution >= 4 is 40.0 Å². The van der Waals surface area contributed by atoms with Crippen molar-refractivity contribution < 1.29 is 4.42 Å². The van der Waals surface area contributed by atoms with E-state index in [2.05, 4.69) is 46.3 Å². The van der Waals surface area contributed by atoms with Crippen LogP contribution in [0.4, 0.5) is 5.69 Å². The quantitative estimate of drug-likeness (QED) is 0.664. The number of halogens is 1. The van der Waals surface area contributed by atoms with Gasteiger partial charge in [0.15, 0.2) is 3.77 Å². The van der Waals surface area contributed by atoms with Crippen LogP contribution in [0.2, 0.25) is 0 Å². The second-order valence-corrected chi connectivity index (χ2v) is 5.17. The van der Waals surface area contributed by atoms with Crippen molar-refractivity contribution in [1.29, 1.82) is 0 Å². The first-order valence-electron chi connectivity index (χ1n) is 4.90. The molecule has 0 saturated carbocycles. The zero-order valence-electron chi connectivity index (χ0n) is 8.87. The highest BCUT2D eigenvalue weighted by molar-refractivity contribution is 14.1. The molecule has 0 radical (unpaired) electrons. The first kappa shape index (κ1) is 11.9. The maximum atomic E-state index is 5.50. The fourth-order valence-electron chi connectivity index (χ4n) is 1.42. The zero-order valence-corrected chi connectivity index (χ0v) is 11.8. The summed E-state index contributed by atoms with van der Waals surface area (Å²) < 4.78 is 6.42. The Morgan fingerprint density at radius 2 is 2.06 bits per heavy atom. The zero-order chi connectivity index (χ0) is 11.4. The van der Waals surface area contributed by atoms with Gasteiger partial charge in [-0.3, -0.25) is 0 Å². The molecule has 2 aromatic rings. The molecule has 0 amide bonds. The Hall–Kier alpha value is -0.620. The van der Waals surface area contributed by atoms with Crippen LogP contribution in [-0.4, -0.2) is 6.26 Å². The molecule has 0 saturated heterocycles. The van der Waals surface area contributed by atoms with Crippen LogP contribution in [0.1, 0.15) is 5.76 Å². The van der Waals surface area contributed by atoms with Gasteiger partial charge in [0.25, 0.3) is 0 Å². The second-order valence-electron chi connectivity index (χ2n) is 3.26. The van der Waals surface area contributed by atoms with Crippen LogP contribution in [-0.2, 0) is 6.54 Å². The summed E-state index contributed by atoms with van der Waals surface area (Å²) in [6.07, 6.45) is 2.08. The molecule has 4 heteroatoms. The Kier molecular flexibility index (Phi) is 4.17. The molecular weight excluding hydrogens is 333 g/mol. The van der Waals surface area contributed by atoms with Gasteiger partial charge in [-0.25, -0.2) is 0 Å². The van der Waals surface area contributed by atoms with Gasteiger partial charge < -0.3 is 9.73 Å². The minimum absolute atomic E-state index is 0.723. The highest BCUT2D eigenvalue weighted by Crippen LogP contribution is 2.25. The van der Waals surface area contributed by atoms with E-state index >= 15 is 0 Å². The van der Waals surface area contributed by atoms with Crippen LogP contribution in [0.3, 0.4) is 0 Å². The van der Waals surface area contributed by atoms with Gasteiger partial charge in [-0.1, -0.05) is 12.1 Å². The Bertz CT molecular complexity index is 470. The van der Waals surface area contributed by atoms with E-state index in [0.717, 1.165) is 21.8 Å². The number of furan rings is 1. The predicted molar refractivity (Wildman–Crippen MR) is 77.0 cm³/mol. The van der Waals surface area contributed by atoms with Gasteiger partial charge >= 0.3 is 0 Å². The lowest BCUT2D eigenvalue weighted by atomic mass is 10.3. The second kappa shape index (κ2) is 5.63. The molecule has 0 atom stereocenters. The average molecular weight is 345 g/mol. The number of rotatable bonds is 4. The van der Waals surface area contributed by atoms with Crippen LogP contribution in [0, 0.1) is 3.77 Å². The Labute approximate surface area is 113 Å². The lowest BCUT2D eigenvalue weighted by Crippen LogP contribution is -1.99. The lowest BCUT2D eigenvalue weighted by molar-refractivity contribution is 0.492. The van der Waals surface area contributed by atoms with Crippen molar-refractivity contribution in [3.8, 4) is 0 Å². The summed E-state index contributed by atoms with van der Waals surface area (Å²) in [5.74, 6) is 0.959. The van der Waals surface area contributed by atoms with E-state index in [0.29, 0.717) is 0 Å². The van der Waals surface area contributed by atoms with E-state index in [9.17, 15) is 0 Å². The predicted octanol–water partition coefficient (Wildman–Crippen LogP) is 4.22. The smallest absolute Gasteiger partial charge is 0.164 e. The third-order valence-electron chi connectivity index (χ3n) is 2.19. The highest BCUT2D eigenvalue weighted by Gasteiger charge is 2.02. The molecular formula is C12H12INOS. The third kappa shape index (κ3) is 2.95. The molecule has 0 unspecified atom stereocenters. The van der Waals surface area contributed by atoms with Gasteiger partial charge in [0.05, 0.1) is 6.54 Å². The number of para-hydroxylation sites is 1. The van der Waals surface area contributed by atoms with Gasteiger partial charge in [-0.05, 0) is 53.1 Å². The largest absolute Gasteiger partial charge is 0.454 e. The summed E-state index contributed by atoms with van der Waals surface area (Å²) >= 11 is 3.91. The summed E-state index contributed by atoms with van der Waals surface area (Å²) in [6, 6.07) is 12.2. The number of nitrogens with one attached hydrogen (secondary N) is 1. The maximum Gasteiger partial charge on any atom is 0.164 e. The molecule has 0 aliphatic carbocycles. The lowest BCUT2D eigenvalue weighted by Gasteiger charge is -2.08. The van der Waals surface area contributed by atoms with E-state index in [-0.39, 0.29) is 0 Å². The summed E-state index contributed by atoms with van der Waals surface area (Å²) in [7, 11) is 0. The molecule has 0 spiro atoms. The van der Waals surface area contributed by atoms with E-state index in [1.165, 1.54) is 4.90 Å². The minimum atomic E-state index is 0.723. The summed E-state index contributed by atoms with van der Waals surface area (Å²) in [6.45, 7) is 0.723. The number of anilines is 1. The van der Waals surface area contributed by atoms with Crippen LogP contribution >= 0.6 is 34.4 Å². The molecule has 0 aliphatic rings. The van der Waals surface area contributed by atoms with Crippen molar-refractivity contribution in [2.75, 3.05) is 11.6 Å². The van der Waals surface area contributed by atoms with E-state index < -0.39 is 0 Å². The summed E-state index contributed by atoms with van der Waals surface area (Å²) in [5, 5.41) is 3.38. The number of benzene rings is 1. The summed E-state index contributed by atoms with van der Waals surface area (Å²) in [5.41, 5.74) is 1.15. The molecule has 2 rings (SSSR count). The van der Waals surface area contributed by atoms with Crippen molar-refractivity contribution in [2.45, 2.75) is 11.4 Å². The molecule has 1 aromatic carbocycles. The molecule has 16 heavy (non-hydrogen) atoms. The van der Waals surface area contributed by atoms with Gasteiger partial charge in [-0.15, -0.1) is 11.8 Å². The summed E-state index contributed by atoms with van der Waals surface area (Å²) in [4.78, 5) is 1.25. The molecule has 1 heterocycles. The normalized spacial score (nSPS) is 10.4. The standard InChI is InChI=1S/C12H12INOS/c1-16-11-5-3-2-4-10(11)14-8-9-6-7-12(13)15-9/h2-7,14H,8H2,1H3. The fraction of sp³-hybridized carbons (Fsp3) is 0.167. The average Bonchev–Trinajstić information content (AvgIpc) is 2.73. The maximum absolute atomic E-state index is 5.50.